The second-order valence-corrected chi connectivity index (χ2v) is 1.21. The molecule has 0 rings (SSSR count). The van der Waals surface area contributed by atoms with Gasteiger partial charge in [-0.15, -0.1) is 0 Å². The predicted molar refractivity (Wildman–Crippen MR) is 34.3 cm³/mol. The van der Waals surface area contributed by atoms with E-state index in [-0.39, 0.29) is 0 Å². The molecule has 0 saturated heterocycles. The van der Waals surface area contributed by atoms with Crippen molar-refractivity contribution < 1.29 is 4.84 Å². The van der Waals surface area contributed by atoms with Crippen LogP contribution in [0.5, 0.6) is 0 Å². The van der Waals surface area contributed by atoms with Crippen molar-refractivity contribution in [3.05, 3.63) is 0 Å². The lowest BCUT2D eigenvalue weighted by Gasteiger charge is -1.86. The van der Waals surface area contributed by atoms with Gasteiger partial charge in [-0.25, -0.2) is 4.99 Å². The Hall–Kier alpha value is -0.860. The van der Waals surface area contributed by atoms with Gasteiger partial charge in [-0.1, -0.05) is 5.16 Å². The number of oxime groups is 1. The molecule has 0 bridgehead atoms. The molecule has 0 saturated carbocycles. The van der Waals surface area contributed by atoms with Gasteiger partial charge in [-0.3, -0.25) is 0 Å². The highest BCUT2D eigenvalue weighted by Gasteiger charge is 1.77. The van der Waals surface area contributed by atoms with E-state index in [1.54, 1.807) is 13.1 Å². The quantitative estimate of drug-likeness (QED) is 0.285. The van der Waals surface area contributed by atoms with Crippen LogP contribution >= 0.6 is 0 Å². The molecule has 0 aliphatic heterocycles. The Labute approximate surface area is 49.1 Å². The maximum absolute atomic E-state index is 4.43. The number of hydrogen-bond donors (Lipinski definition) is 0. The summed E-state index contributed by atoms with van der Waals surface area (Å²) in [7, 11) is 1.49. The van der Waals surface area contributed by atoms with E-state index in [0.717, 1.165) is 0 Å². The van der Waals surface area contributed by atoms with E-state index in [0.29, 0.717) is 5.84 Å². The zero-order chi connectivity index (χ0) is 6.41. The molecule has 0 fully saturated rings. The molecule has 0 aromatic carbocycles. The van der Waals surface area contributed by atoms with Gasteiger partial charge in [0.15, 0.2) is 5.84 Å². The van der Waals surface area contributed by atoms with Gasteiger partial charge in [0.2, 0.25) is 0 Å². The van der Waals surface area contributed by atoms with Crippen molar-refractivity contribution >= 4 is 12.1 Å². The highest BCUT2D eigenvalue weighted by Crippen LogP contribution is 1.77. The van der Waals surface area contributed by atoms with E-state index in [2.05, 4.69) is 15.0 Å². The van der Waals surface area contributed by atoms with Crippen molar-refractivity contribution in [2.45, 2.75) is 13.8 Å². The Morgan fingerprint density at radius 1 is 1.62 bits per heavy atom. The molecular formula is C5H10N2O. The monoisotopic (exact) mass is 114 g/mol. The van der Waals surface area contributed by atoms with E-state index in [1.807, 2.05) is 6.92 Å². The molecule has 0 N–H and O–H groups in total. The fourth-order valence-electron chi connectivity index (χ4n) is 0.343. The van der Waals surface area contributed by atoms with Gasteiger partial charge in [0, 0.05) is 6.21 Å². The van der Waals surface area contributed by atoms with Crippen molar-refractivity contribution in [2.75, 3.05) is 7.11 Å². The van der Waals surface area contributed by atoms with E-state index in [4.69, 9.17) is 0 Å². The summed E-state index contributed by atoms with van der Waals surface area (Å²) >= 11 is 0. The Bertz CT molecular complexity index is 107. The van der Waals surface area contributed by atoms with Gasteiger partial charge >= 0.3 is 0 Å². The maximum Gasteiger partial charge on any atom is 0.164 e. The van der Waals surface area contributed by atoms with Crippen molar-refractivity contribution in [1.29, 1.82) is 0 Å². The third-order valence-corrected chi connectivity index (χ3v) is 0.539. The smallest absolute Gasteiger partial charge is 0.164 e. The van der Waals surface area contributed by atoms with Crippen LogP contribution in [0.1, 0.15) is 13.8 Å². The predicted octanol–water partition coefficient (Wildman–Crippen LogP) is 1.06. The van der Waals surface area contributed by atoms with Gasteiger partial charge in [0.05, 0.1) is 0 Å². The molecule has 3 nitrogen and oxygen atoms in total. The summed E-state index contributed by atoms with van der Waals surface area (Å²) in [4.78, 5) is 8.24. The molecule has 0 atom stereocenters. The van der Waals surface area contributed by atoms with Crippen LogP contribution in [0.4, 0.5) is 0 Å². The zero-order valence-electron chi connectivity index (χ0n) is 5.38. The van der Waals surface area contributed by atoms with Crippen molar-refractivity contribution in [2.24, 2.45) is 10.1 Å². The third kappa shape index (κ3) is 3.33. The van der Waals surface area contributed by atoms with Crippen LogP contribution in [0.15, 0.2) is 10.1 Å². The Kier molecular flexibility index (Phi) is 3.84. The molecule has 0 aromatic heterocycles. The average molecular weight is 114 g/mol. The fourth-order valence-corrected chi connectivity index (χ4v) is 0.343. The normalized spacial score (nSPS) is 12.6. The Morgan fingerprint density at radius 3 is 2.62 bits per heavy atom. The zero-order valence-corrected chi connectivity index (χ0v) is 5.38. The molecular weight excluding hydrogens is 104 g/mol. The minimum Gasteiger partial charge on any atom is -0.398 e. The van der Waals surface area contributed by atoms with E-state index >= 15 is 0 Å². The van der Waals surface area contributed by atoms with E-state index in [9.17, 15) is 0 Å². The summed E-state index contributed by atoms with van der Waals surface area (Å²) in [5, 5.41) is 3.53. The molecule has 0 aliphatic rings. The average Bonchev–Trinajstić information content (AvgIpc) is 1.68. The number of amidine groups is 1. The summed E-state index contributed by atoms with van der Waals surface area (Å²) in [6, 6.07) is 0. The Balaban J connectivity index is 3.61. The molecule has 0 aliphatic carbocycles. The van der Waals surface area contributed by atoms with Crippen LogP contribution < -0.4 is 0 Å². The summed E-state index contributed by atoms with van der Waals surface area (Å²) in [6.45, 7) is 3.60. The molecule has 0 unspecified atom stereocenters. The van der Waals surface area contributed by atoms with Crippen LogP contribution in [0, 0.1) is 0 Å². The minimum absolute atomic E-state index is 0.634. The van der Waals surface area contributed by atoms with Crippen LogP contribution in [-0.2, 0) is 4.84 Å². The first-order valence-electron chi connectivity index (χ1n) is 2.37. The first-order chi connectivity index (χ1) is 3.81. The lowest BCUT2D eigenvalue weighted by molar-refractivity contribution is 0.213. The summed E-state index contributed by atoms with van der Waals surface area (Å²) in [5.74, 6) is 0.634. The number of hydrogen-bond acceptors (Lipinski definition) is 2. The van der Waals surface area contributed by atoms with Crippen LogP contribution in [-0.4, -0.2) is 19.2 Å². The van der Waals surface area contributed by atoms with Gasteiger partial charge < -0.3 is 4.84 Å². The van der Waals surface area contributed by atoms with Crippen LogP contribution in [0.3, 0.4) is 0 Å². The summed E-state index contributed by atoms with van der Waals surface area (Å²) < 4.78 is 0. The van der Waals surface area contributed by atoms with Gasteiger partial charge in [-0.2, -0.15) is 0 Å². The topological polar surface area (TPSA) is 34.0 Å². The maximum atomic E-state index is 4.43. The van der Waals surface area contributed by atoms with Crippen LogP contribution in [0.25, 0.3) is 0 Å². The molecule has 3 heteroatoms. The number of rotatable bonds is 1. The summed E-state index contributed by atoms with van der Waals surface area (Å²) in [6.07, 6.45) is 1.66. The molecule has 0 radical (unpaired) electrons. The van der Waals surface area contributed by atoms with Gasteiger partial charge in [-0.05, 0) is 13.8 Å². The molecule has 0 spiro atoms. The molecule has 0 amide bonds. The summed E-state index contributed by atoms with van der Waals surface area (Å²) in [5.41, 5.74) is 0. The Morgan fingerprint density at radius 2 is 2.25 bits per heavy atom. The molecule has 8 heavy (non-hydrogen) atoms. The third-order valence-electron chi connectivity index (χ3n) is 0.539. The second-order valence-electron chi connectivity index (χ2n) is 1.21. The fraction of sp³-hybridized carbons (Fsp3) is 0.600. The number of aliphatic imine (C=N–C) groups is 1. The molecule has 46 valence electrons. The molecule has 0 heterocycles. The lowest BCUT2D eigenvalue weighted by Crippen LogP contribution is -1.85. The molecule has 0 aromatic rings. The van der Waals surface area contributed by atoms with Gasteiger partial charge in [0.25, 0.3) is 0 Å². The SMILES string of the molecule is C/C=N/C(C)=N\OC. The van der Waals surface area contributed by atoms with Crippen molar-refractivity contribution in [3.63, 3.8) is 0 Å². The van der Waals surface area contributed by atoms with Crippen molar-refractivity contribution in [1.82, 2.24) is 0 Å². The highest BCUT2D eigenvalue weighted by molar-refractivity contribution is 5.86. The number of nitrogens with zero attached hydrogens (tertiary/aromatic N) is 2. The van der Waals surface area contributed by atoms with Gasteiger partial charge in [0.1, 0.15) is 7.11 Å². The first-order valence-corrected chi connectivity index (χ1v) is 2.37. The standard InChI is InChI=1S/C5H10N2O/c1-4-6-5(2)7-8-3/h4H,1-3H3/b6-4+,7-5-. The minimum atomic E-state index is 0.634. The van der Waals surface area contributed by atoms with Crippen molar-refractivity contribution in [3.8, 4) is 0 Å². The van der Waals surface area contributed by atoms with Crippen LogP contribution in [0.2, 0.25) is 0 Å². The van der Waals surface area contributed by atoms with E-state index in [1.165, 1.54) is 7.11 Å². The second kappa shape index (κ2) is 4.30. The largest absolute Gasteiger partial charge is 0.398 e. The van der Waals surface area contributed by atoms with E-state index < -0.39 is 0 Å². The lowest BCUT2D eigenvalue weighted by atomic mass is 10.7. The highest BCUT2D eigenvalue weighted by atomic mass is 16.6. The first kappa shape index (κ1) is 7.14.